The van der Waals surface area contributed by atoms with Gasteiger partial charge in [-0.2, -0.15) is 0 Å². The lowest BCUT2D eigenvalue weighted by Crippen LogP contribution is -2.15. The van der Waals surface area contributed by atoms with Gasteiger partial charge in [0.25, 0.3) is 0 Å². The van der Waals surface area contributed by atoms with E-state index in [1.54, 1.807) is 19.5 Å². The lowest BCUT2D eigenvalue weighted by molar-refractivity contribution is 0.0370. The van der Waals surface area contributed by atoms with E-state index in [4.69, 9.17) is 9.47 Å². The monoisotopic (exact) mass is 378 g/mol. The second-order valence-electron chi connectivity index (χ2n) is 6.96. The molecule has 0 spiro atoms. The molecule has 0 unspecified atom stereocenters. The number of benzene rings is 1. The van der Waals surface area contributed by atoms with Gasteiger partial charge >= 0.3 is 5.97 Å². The standard InChI is InChI=1S/C21H22N4O3/c1-5-13-17-16(9-23-19(13)21(26)28-11(2)3)25-14-6-7-15-20(18(14)17)22-8-12(24-15)10-27-4/h6-9,11,25H,5,10H2,1-4H3. The molecule has 0 saturated heterocycles. The number of nitrogens with zero attached hydrogens (tertiary/aromatic N) is 3. The van der Waals surface area contributed by atoms with Gasteiger partial charge in [-0.1, -0.05) is 6.92 Å². The van der Waals surface area contributed by atoms with Crippen LogP contribution in [0.4, 0.5) is 0 Å². The Kier molecular flexibility index (Phi) is 4.68. The number of fused-ring (bicyclic) bond motifs is 5. The Morgan fingerprint density at radius 1 is 1.14 bits per heavy atom. The van der Waals surface area contributed by atoms with Crippen molar-refractivity contribution in [2.75, 3.05) is 7.11 Å². The topological polar surface area (TPSA) is 90.0 Å². The number of carbonyl (C=O) groups excluding carboxylic acids is 1. The van der Waals surface area contributed by atoms with Crippen LogP contribution in [0.2, 0.25) is 0 Å². The molecule has 0 amide bonds. The van der Waals surface area contributed by atoms with Crippen LogP contribution < -0.4 is 0 Å². The highest BCUT2D eigenvalue weighted by molar-refractivity contribution is 6.20. The zero-order valence-electron chi connectivity index (χ0n) is 16.4. The van der Waals surface area contributed by atoms with Crippen molar-refractivity contribution in [2.45, 2.75) is 39.9 Å². The first-order chi connectivity index (χ1) is 13.5. The smallest absolute Gasteiger partial charge is 0.357 e. The van der Waals surface area contributed by atoms with Gasteiger partial charge in [-0.3, -0.25) is 4.98 Å². The van der Waals surface area contributed by atoms with Gasteiger partial charge in [0.1, 0.15) is 0 Å². The van der Waals surface area contributed by atoms with Crippen LogP contribution in [0.25, 0.3) is 32.8 Å². The Balaban J connectivity index is 2.03. The van der Waals surface area contributed by atoms with Crippen molar-refractivity contribution < 1.29 is 14.3 Å². The molecule has 7 heteroatoms. The quantitative estimate of drug-likeness (QED) is 0.529. The highest BCUT2D eigenvalue weighted by Gasteiger charge is 2.21. The molecular formula is C21H22N4O3. The molecule has 144 valence electrons. The minimum atomic E-state index is -0.406. The second-order valence-corrected chi connectivity index (χ2v) is 6.96. The third-order valence-electron chi connectivity index (χ3n) is 4.64. The number of pyridine rings is 1. The van der Waals surface area contributed by atoms with E-state index in [-0.39, 0.29) is 6.10 Å². The van der Waals surface area contributed by atoms with Gasteiger partial charge in [-0.05, 0) is 38.0 Å². The Hall–Kier alpha value is -3.06. The Morgan fingerprint density at radius 3 is 2.68 bits per heavy atom. The Bertz CT molecular complexity index is 1200. The van der Waals surface area contributed by atoms with E-state index in [0.717, 1.165) is 44.1 Å². The normalized spacial score (nSPS) is 11.8. The highest BCUT2D eigenvalue weighted by atomic mass is 16.5. The van der Waals surface area contributed by atoms with Crippen molar-refractivity contribution in [3.05, 3.63) is 41.5 Å². The van der Waals surface area contributed by atoms with E-state index >= 15 is 0 Å². The van der Waals surface area contributed by atoms with Crippen LogP contribution >= 0.6 is 0 Å². The number of hydrogen-bond acceptors (Lipinski definition) is 6. The number of aryl methyl sites for hydroxylation is 1. The van der Waals surface area contributed by atoms with Gasteiger partial charge in [0.15, 0.2) is 5.69 Å². The second kappa shape index (κ2) is 7.16. The van der Waals surface area contributed by atoms with Crippen LogP contribution in [0.3, 0.4) is 0 Å². The van der Waals surface area contributed by atoms with Gasteiger partial charge in [0.2, 0.25) is 0 Å². The molecule has 0 fully saturated rings. The van der Waals surface area contributed by atoms with Crippen molar-refractivity contribution in [1.29, 1.82) is 0 Å². The molecule has 0 bridgehead atoms. The number of nitrogens with one attached hydrogen (secondary N) is 1. The maximum Gasteiger partial charge on any atom is 0.357 e. The van der Waals surface area contributed by atoms with Crippen LogP contribution in [0, 0.1) is 0 Å². The van der Waals surface area contributed by atoms with Gasteiger partial charge in [0.05, 0.1) is 47.3 Å². The predicted molar refractivity (Wildman–Crippen MR) is 107 cm³/mol. The van der Waals surface area contributed by atoms with Crippen molar-refractivity contribution in [3.8, 4) is 0 Å². The van der Waals surface area contributed by atoms with Crippen LogP contribution in [0.5, 0.6) is 0 Å². The van der Waals surface area contributed by atoms with Crippen LogP contribution in [-0.4, -0.2) is 39.1 Å². The first kappa shape index (κ1) is 18.3. The summed E-state index contributed by atoms with van der Waals surface area (Å²) >= 11 is 0. The number of aromatic amines is 1. The van der Waals surface area contributed by atoms with Crippen molar-refractivity contribution >= 4 is 38.8 Å². The first-order valence-corrected chi connectivity index (χ1v) is 9.31. The maximum absolute atomic E-state index is 12.6. The molecule has 0 aliphatic rings. The van der Waals surface area contributed by atoms with E-state index in [0.29, 0.717) is 18.7 Å². The number of H-pyrrole nitrogens is 1. The summed E-state index contributed by atoms with van der Waals surface area (Å²) in [5, 5.41) is 1.89. The van der Waals surface area contributed by atoms with Crippen molar-refractivity contribution in [1.82, 2.24) is 19.9 Å². The SMILES string of the molecule is CCc1c(C(=O)OC(C)C)ncc2[nH]c3ccc4nc(COC)cnc4c3c12. The molecule has 7 nitrogen and oxygen atoms in total. The summed E-state index contributed by atoms with van der Waals surface area (Å²) in [6, 6.07) is 3.92. The summed E-state index contributed by atoms with van der Waals surface area (Å²) in [5.41, 5.74) is 5.34. The Labute approximate surface area is 162 Å². The average Bonchev–Trinajstić information content (AvgIpc) is 3.05. The van der Waals surface area contributed by atoms with Crippen LogP contribution in [0.1, 0.15) is 42.5 Å². The number of esters is 1. The minimum absolute atomic E-state index is 0.205. The molecule has 0 aliphatic heterocycles. The summed E-state index contributed by atoms with van der Waals surface area (Å²) in [5.74, 6) is -0.406. The van der Waals surface area contributed by atoms with Crippen molar-refractivity contribution in [3.63, 3.8) is 0 Å². The summed E-state index contributed by atoms with van der Waals surface area (Å²) < 4.78 is 10.6. The number of methoxy groups -OCH3 is 1. The van der Waals surface area contributed by atoms with Gasteiger partial charge in [-0.25, -0.2) is 14.8 Å². The molecule has 1 N–H and O–H groups in total. The van der Waals surface area contributed by atoms with Crippen LogP contribution in [-0.2, 0) is 22.5 Å². The zero-order chi connectivity index (χ0) is 19.8. The summed E-state index contributed by atoms with van der Waals surface area (Å²) in [6.07, 6.45) is 3.85. The largest absolute Gasteiger partial charge is 0.458 e. The van der Waals surface area contributed by atoms with E-state index in [2.05, 4.69) is 19.9 Å². The molecule has 1 aromatic carbocycles. The number of carbonyl (C=O) groups is 1. The summed E-state index contributed by atoms with van der Waals surface area (Å²) in [6.45, 7) is 6.07. The fourth-order valence-corrected chi connectivity index (χ4v) is 3.57. The molecule has 0 aliphatic carbocycles. The first-order valence-electron chi connectivity index (χ1n) is 9.31. The molecule has 4 aromatic rings. The Morgan fingerprint density at radius 2 is 1.96 bits per heavy atom. The maximum atomic E-state index is 12.6. The summed E-state index contributed by atoms with van der Waals surface area (Å²) in [7, 11) is 1.63. The van der Waals surface area contributed by atoms with Crippen molar-refractivity contribution in [2.24, 2.45) is 0 Å². The highest BCUT2D eigenvalue weighted by Crippen LogP contribution is 2.34. The lowest BCUT2D eigenvalue weighted by Gasteiger charge is -2.11. The number of ether oxygens (including phenoxy) is 2. The zero-order valence-corrected chi connectivity index (χ0v) is 16.4. The molecular weight excluding hydrogens is 356 g/mol. The van der Waals surface area contributed by atoms with E-state index < -0.39 is 5.97 Å². The third kappa shape index (κ3) is 2.97. The molecule has 3 heterocycles. The third-order valence-corrected chi connectivity index (χ3v) is 4.64. The minimum Gasteiger partial charge on any atom is -0.458 e. The number of aromatic nitrogens is 4. The molecule has 3 aromatic heterocycles. The van der Waals surface area contributed by atoms with Gasteiger partial charge in [-0.15, -0.1) is 0 Å². The number of rotatable bonds is 5. The molecule has 0 atom stereocenters. The fraction of sp³-hybridized carbons (Fsp3) is 0.333. The number of hydrogen-bond donors (Lipinski definition) is 1. The lowest BCUT2D eigenvalue weighted by atomic mass is 10.0. The van der Waals surface area contributed by atoms with E-state index in [1.807, 2.05) is 32.9 Å². The molecule has 0 radical (unpaired) electrons. The average molecular weight is 378 g/mol. The van der Waals surface area contributed by atoms with Gasteiger partial charge in [0, 0.05) is 23.4 Å². The molecule has 0 saturated carbocycles. The molecule has 28 heavy (non-hydrogen) atoms. The van der Waals surface area contributed by atoms with Crippen LogP contribution in [0.15, 0.2) is 24.5 Å². The summed E-state index contributed by atoms with van der Waals surface area (Å²) in [4.78, 5) is 29.6. The van der Waals surface area contributed by atoms with E-state index in [1.165, 1.54) is 0 Å². The fourth-order valence-electron chi connectivity index (χ4n) is 3.57. The molecule has 4 rings (SSSR count). The van der Waals surface area contributed by atoms with E-state index in [9.17, 15) is 4.79 Å². The predicted octanol–water partition coefficient (Wildman–Crippen LogP) is 3.93. The van der Waals surface area contributed by atoms with Gasteiger partial charge < -0.3 is 14.5 Å².